The number of nitrogens with zero attached hydrogens (tertiary/aromatic N) is 4. The lowest BCUT2D eigenvalue weighted by atomic mass is 10.2. The van der Waals surface area contributed by atoms with E-state index in [0.717, 1.165) is 0 Å². The van der Waals surface area contributed by atoms with Crippen LogP contribution in [0.25, 0.3) is 0 Å². The van der Waals surface area contributed by atoms with E-state index in [2.05, 4.69) is 10.1 Å². The van der Waals surface area contributed by atoms with E-state index in [9.17, 15) is 19.8 Å². The second kappa shape index (κ2) is 4.94. The molecule has 0 aromatic carbocycles. The molecule has 2 rings (SSSR count). The number of aromatic nitrogens is 3. The van der Waals surface area contributed by atoms with Crippen molar-refractivity contribution < 1.29 is 19.8 Å². The van der Waals surface area contributed by atoms with Gasteiger partial charge in [-0.15, -0.1) is 5.10 Å². The molecule has 0 saturated carbocycles. The van der Waals surface area contributed by atoms with Crippen LogP contribution in [0.5, 0.6) is 0 Å². The Hall–Kier alpha value is -2.00. The molecule has 1 aliphatic rings. The van der Waals surface area contributed by atoms with Gasteiger partial charge in [0.1, 0.15) is 12.5 Å². The van der Waals surface area contributed by atoms with E-state index in [4.69, 9.17) is 5.73 Å². The highest BCUT2D eigenvalue weighted by Gasteiger charge is 2.43. The summed E-state index contributed by atoms with van der Waals surface area (Å²) < 4.78 is 1.29. The van der Waals surface area contributed by atoms with Gasteiger partial charge in [-0.25, -0.2) is 9.67 Å². The minimum absolute atomic E-state index is 0.162. The Morgan fingerprint density at radius 2 is 2.26 bits per heavy atom. The van der Waals surface area contributed by atoms with Crippen LogP contribution < -0.4 is 5.73 Å². The van der Waals surface area contributed by atoms with Gasteiger partial charge in [-0.2, -0.15) is 0 Å². The molecule has 2 heterocycles. The van der Waals surface area contributed by atoms with E-state index >= 15 is 0 Å². The number of hydrogen-bond donors (Lipinski definition) is 3. The van der Waals surface area contributed by atoms with Gasteiger partial charge in [-0.1, -0.05) is 0 Å². The Bertz CT molecular complexity index is 502. The predicted molar refractivity (Wildman–Crippen MR) is 61.6 cm³/mol. The molecule has 1 fully saturated rings. The molecule has 9 nitrogen and oxygen atoms in total. The maximum atomic E-state index is 11.6. The van der Waals surface area contributed by atoms with Gasteiger partial charge in [0.15, 0.2) is 0 Å². The smallest absolute Gasteiger partial charge is 0.288 e. The van der Waals surface area contributed by atoms with Crippen LogP contribution >= 0.6 is 0 Å². The van der Waals surface area contributed by atoms with Crippen molar-refractivity contribution in [2.45, 2.75) is 31.7 Å². The number of primary amides is 1. The number of aliphatic hydroxyl groups excluding tert-OH is 2. The largest absolute Gasteiger partial charge is 0.394 e. The first-order valence-electron chi connectivity index (χ1n) is 5.74. The maximum absolute atomic E-state index is 11.6. The zero-order valence-corrected chi connectivity index (χ0v) is 10.3. The fourth-order valence-corrected chi connectivity index (χ4v) is 2.31. The fourth-order valence-electron chi connectivity index (χ4n) is 2.31. The highest BCUT2D eigenvalue weighted by molar-refractivity contribution is 5.88. The third-order valence-electron chi connectivity index (χ3n) is 3.16. The number of carbonyl (C=O) groups excluding carboxylic acids is 2. The van der Waals surface area contributed by atoms with Crippen molar-refractivity contribution in [3.8, 4) is 0 Å². The van der Waals surface area contributed by atoms with Crippen molar-refractivity contribution >= 4 is 11.8 Å². The molecule has 0 aliphatic carbocycles. The molecule has 2 amide bonds. The Kier molecular flexibility index (Phi) is 3.49. The topological polar surface area (TPSA) is 135 Å². The molecular weight excluding hydrogens is 254 g/mol. The third kappa shape index (κ3) is 2.29. The van der Waals surface area contributed by atoms with Crippen LogP contribution in [-0.2, 0) is 4.79 Å². The summed E-state index contributed by atoms with van der Waals surface area (Å²) in [5, 5.41) is 23.0. The first kappa shape index (κ1) is 13.4. The van der Waals surface area contributed by atoms with Crippen LogP contribution in [0, 0.1) is 0 Å². The minimum atomic E-state index is -0.861. The lowest BCUT2D eigenvalue weighted by Gasteiger charge is -2.28. The molecule has 1 aromatic rings. The van der Waals surface area contributed by atoms with Crippen molar-refractivity contribution in [1.82, 2.24) is 19.7 Å². The Morgan fingerprint density at radius 1 is 1.58 bits per heavy atom. The average molecular weight is 269 g/mol. The number of nitrogens with two attached hydrogens (primary N) is 1. The summed E-state index contributed by atoms with van der Waals surface area (Å²) in [6.45, 7) is 0.980. The van der Waals surface area contributed by atoms with E-state index in [-0.39, 0.29) is 24.8 Å². The summed E-state index contributed by atoms with van der Waals surface area (Å²) in [6, 6.07) is -0.691. The minimum Gasteiger partial charge on any atom is -0.394 e. The number of amides is 2. The fraction of sp³-hybridized carbons (Fsp3) is 0.600. The summed E-state index contributed by atoms with van der Waals surface area (Å²) in [6.07, 6.45) is 0.0184. The zero-order chi connectivity index (χ0) is 14.2. The third-order valence-corrected chi connectivity index (χ3v) is 3.16. The summed E-state index contributed by atoms with van der Waals surface area (Å²) in [4.78, 5) is 27.6. The van der Waals surface area contributed by atoms with E-state index in [1.807, 2.05) is 0 Å². The summed E-state index contributed by atoms with van der Waals surface area (Å²) >= 11 is 0. The molecule has 0 spiro atoms. The maximum Gasteiger partial charge on any atom is 0.288 e. The van der Waals surface area contributed by atoms with Crippen LogP contribution in [0.2, 0.25) is 0 Å². The molecule has 0 bridgehead atoms. The number of likely N-dealkylation sites (tertiary alicyclic amines) is 1. The van der Waals surface area contributed by atoms with Crippen molar-refractivity contribution in [3.63, 3.8) is 0 Å². The molecule has 104 valence electrons. The van der Waals surface area contributed by atoms with Crippen molar-refractivity contribution in [1.29, 1.82) is 0 Å². The molecular formula is C10H15N5O4. The zero-order valence-electron chi connectivity index (χ0n) is 10.3. The highest BCUT2D eigenvalue weighted by Crippen LogP contribution is 2.31. The van der Waals surface area contributed by atoms with Gasteiger partial charge in [0, 0.05) is 13.3 Å². The van der Waals surface area contributed by atoms with E-state index in [1.54, 1.807) is 0 Å². The first-order valence-corrected chi connectivity index (χ1v) is 5.74. The quantitative estimate of drug-likeness (QED) is 0.572. The van der Waals surface area contributed by atoms with E-state index in [1.165, 1.54) is 22.8 Å². The van der Waals surface area contributed by atoms with Crippen LogP contribution in [0.15, 0.2) is 6.33 Å². The molecule has 0 unspecified atom stereocenters. The predicted octanol–water partition coefficient (Wildman–Crippen LogP) is -2.15. The summed E-state index contributed by atoms with van der Waals surface area (Å²) in [5.74, 6) is -1.24. The summed E-state index contributed by atoms with van der Waals surface area (Å²) in [7, 11) is 0. The van der Waals surface area contributed by atoms with Crippen LogP contribution in [0.4, 0.5) is 0 Å². The van der Waals surface area contributed by atoms with Gasteiger partial charge in [-0.05, 0) is 0 Å². The van der Waals surface area contributed by atoms with Gasteiger partial charge in [-0.3, -0.25) is 9.59 Å². The second-order valence-electron chi connectivity index (χ2n) is 4.37. The Labute approximate surface area is 108 Å². The van der Waals surface area contributed by atoms with Gasteiger partial charge >= 0.3 is 0 Å². The number of rotatable bonds is 3. The first-order chi connectivity index (χ1) is 8.95. The molecule has 1 aromatic heterocycles. The SMILES string of the molecule is CC(=O)N1[C@H](n2cnc(C(N)=O)n2)C[C@@H](O)[C@@H]1CO. The Balaban J connectivity index is 2.31. The monoisotopic (exact) mass is 269 g/mol. The van der Waals surface area contributed by atoms with Gasteiger partial charge in [0.05, 0.1) is 18.8 Å². The number of carbonyl (C=O) groups is 2. The van der Waals surface area contributed by atoms with E-state index in [0.29, 0.717) is 0 Å². The highest BCUT2D eigenvalue weighted by atomic mass is 16.3. The molecule has 1 saturated heterocycles. The lowest BCUT2D eigenvalue weighted by molar-refractivity contribution is -0.135. The van der Waals surface area contributed by atoms with Crippen molar-refractivity contribution in [3.05, 3.63) is 12.2 Å². The average Bonchev–Trinajstić information content (AvgIpc) is 2.92. The second-order valence-corrected chi connectivity index (χ2v) is 4.37. The normalized spacial score (nSPS) is 26.7. The number of aliphatic hydroxyl groups is 2. The van der Waals surface area contributed by atoms with Crippen molar-refractivity contribution in [2.24, 2.45) is 5.73 Å². The van der Waals surface area contributed by atoms with E-state index < -0.39 is 24.2 Å². The number of hydrogen-bond acceptors (Lipinski definition) is 6. The van der Waals surface area contributed by atoms with Crippen LogP contribution in [0.1, 0.15) is 30.1 Å². The van der Waals surface area contributed by atoms with Crippen LogP contribution in [-0.4, -0.2) is 60.4 Å². The molecule has 9 heteroatoms. The molecule has 4 N–H and O–H groups in total. The summed E-state index contributed by atoms with van der Waals surface area (Å²) in [5.41, 5.74) is 5.05. The molecule has 1 aliphatic heterocycles. The Morgan fingerprint density at radius 3 is 2.74 bits per heavy atom. The molecule has 19 heavy (non-hydrogen) atoms. The van der Waals surface area contributed by atoms with Gasteiger partial charge in [0.25, 0.3) is 5.91 Å². The van der Waals surface area contributed by atoms with Crippen LogP contribution in [0.3, 0.4) is 0 Å². The standard InChI is InChI=1S/C10H15N5O4/c1-5(17)15-6(3-16)7(18)2-8(15)14-4-12-10(13-14)9(11)19/h4,6-8,16,18H,2-3H2,1H3,(H2,11,19)/t6-,7+,8-/m0/s1. The van der Waals surface area contributed by atoms with Gasteiger partial charge < -0.3 is 20.8 Å². The van der Waals surface area contributed by atoms with Gasteiger partial charge in [0.2, 0.25) is 11.7 Å². The molecule has 0 radical (unpaired) electrons. The lowest BCUT2D eigenvalue weighted by Crippen LogP contribution is -2.43. The van der Waals surface area contributed by atoms with Crippen molar-refractivity contribution in [2.75, 3.05) is 6.61 Å². The molecule has 3 atom stereocenters.